The molecule has 0 fully saturated rings. The Kier molecular flexibility index (Phi) is 5.21. The quantitative estimate of drug-likeness (QED) is 0.822. The van der Waals surface area contributed by atoms with Crippen LogP contribution in [0.4, 0.5) is 0 Å². The largest absolute Gasteiger partial charge is 0.482 e. The van der Waals surface area contributed by atoms with Crippen molar-refractivity contribution in [1.29, 1.82) is 0 Å². The third-order valence-electron chi connectivity index (χ3n) is 3.44. The molecular formula is C17H23NOS. The lowest BCUT2D eigenvalue weighted by atomic mass is 9.99. The Balaban J connectivity index is 2.22. The van der Waals surface area contributed by atoms with Gasteiger partial charge in [0.25, 0.3) is 0 Å². The minimum atomic E-state index is -0.340. The van der Waals surface area contributed by atoms with E-state index in [0.29, 0.717) is 6.54 Å². The number of ether oxygens (including phenoxy) is 1. The predicted octanol–water partition coefficient (Wildman–Crippen LogP) is 4.34. The number of nitrogens with two attached hydrogens (primary N) is 1. The highest BCUT2D eigenvalue weighted by Crippen LogP contribution is 2.34. The van der Waals surface area contributed by atoms with Crippen molar-refractivity contribution in [2.24, 2.45) is 5.73 Å². The van der Waals surface area contributed by atoms with E-state index in [9.17, 15) is 0 Å². The van der Waals surface area contributed by atoms with Crippen LogP contribution in [0, 0.1) is 0 Å². The molecular weight excluding hydrogens is 266 g/mol. The van der Waals surface area contributed by atoms with Gasteiger partial charge in [0, 0.05) is 11.3 Å². The summed E-state index contributed by atoms with van der Waals surface area (Å²) in [4.78, 5) is 1.23. The molecule has 0 aliphatic rings. The second-order valence-electron chi connectivity index (χ2n) is 5.25. The summed E-state index contributed by atoms with van der Waals surface area (Å²) in [5, 5.41) is 2.08. The first-order valence-electron chi connectivity index (χ1n) is 7.20. The van der Waals surface area contributed by atoms with Gasteiger partial charge in [0.05, 0.1) is 0 Å². The highest BCUT2D eigenvalue weighted by Gasteiger charge is 2.29. The van der Waals surface area contributed by atoms with Crippen molar-refractivity contribution in [2.75, 3.05) is 6.54 Å². The Bertz CT molecular complexity index is 524. The first-order chi connectivity index (χ1) is 9.68. The van der Waals surface area contributed by atoms with E-state index in [1.54, 1.807) is 11.3 Å². The van der Waals surface area contributed by atoms with Gasteiger partial charge in [0.15, 0.2) is 0 Å². The molecule has 1 heterocycles. The molecule has 0 bridgehead atoms. The van der Waals surface area contributed by atoms with E-state index in [4.69, 9.17) is 10.5 Å². The van der Waals surface area contributed by atoms with Crippen LogP contribution in [-0.4, -0.2) is 6.54 Å². The molecule has 0 saturated carbocycles. The summed E-state index contributed by atoms with van der Waals surface area (Å²) < 4.78 is 6.30. The number of benzene rings is 1. The minimum Gasteiger partial charge on any atom is -0.482 e. The van der Waals surface area contributed by atoms with Gasteiger partial charge < -0.3 is 10.5 Å². The lowest BCUT2D eigenvalue weighted by Crippen LogP contribution is -2.31. The number of thiophene rings is 1. The van der Waals surface area contributed by atoms with E-state index in [1.807, 2.05) is 6.07 Å². The molecule has 2 N–H and O–H groups in total. The molecule has 0 aliphatic heterocycles. The molecule has 0 aliphatic carbocycles. The highest BCUT2D eigenvalue weighted by molar-refractivity contribution is 7.10. The van der Waals surface area contributed by atoms with Gasteiger partial charge in [-0.3, -0.25) is 0 Å². The van der Waals surface area contributed by atoms with Gasteiger partial charge in [-0.15, -0.1) is 11.3 Å². The molecule has 3 heteroatoms. The van der Waals surface area contributed by atoms with Crippen molar-refractivity contribution in [3.63, 3.8) is 0 Å². The van der Waals surface area contributed by atoms with Crippen LogP contribution in [0.25, 0.3) is 0 Å². The van der Waals surface area contributed by atoms with E-state index < -0.39 is 0 Å². The monoisotopic (exact) mass is 289 g/mol. The summed E-state index contributed by atoms with van der Waals surface area (Å²) in [6, 6.07) is 12.6. The lowest BCUT2D eigenvalue weighted by molar-refractivity contribution is 0.0835. The zero-order chi connectivity index (χ0) is 14.4. The molecule has 1 atom stereocenters. The van der Waals surface area contributed by atoms with Crippen LogP contribution < -0.4 is 10.5 Å². The molecule has 1 unspecified atom stereocenters. The van der Waals surface area contributed by atoms with Crippen LogP contribution in [0.5, 0.6) is 5.75 Å². The first kappa shape index (κ1) is 15.1. The average Bonchev–Trinajstić information content (AvgIpc) is 2.94. The first-order valence-corrected chi connectivity index (χ1v) is 8.08. The van der Waals surface area contributed by atoms with Gasteiger partial charge in [0.1, 0.15) is 11.4 Å². The van der Waals surface area contributed by atoms with E-state index in [1.165, 1.54) is 10.4 Å². The van der Waals surface area contributed by atoms with Gasteiger partial charge >= 0.3 is 0 Å². The fourth-order valence-corrected chi connectivity index (χ4v) is 3.25. The van der Waals surface area contributed by atoms with Crippen molar-refractivity contribution in [3.8, 4) is 5.75 Å². The van der Waals surface area contributed by atoms with Gasteiger partial charge in [-0.25, -0.2) is 0 Å². The van der Waals surface area contributed by atoms with E-state index in [2.05, 4.69) is 49.6 Å². The van der Waals surface area contributed by atoms with Crippen LogP contribution in [-0.2, 0) is 12.0 Å². The Morgan fingerprint density at radius 2 is 2.10 bits per heavy atom. The van der Waals surface area contributed by atoms with E-state index in [-0.39, 0.29) is 5.60 Å². The summed E-state index contributed by atoms with van der Waals surface area (Å²) in [6.45, 7) is 4.93. The molecule has 2 nitrogen and oxygen atoms in total. The van der Waals surface area contributed by atoms with E-state index >= 15 is 0 Å². The topological polar surface area (TPSA) is 35.2 Å². The zero-order valence-electron chi connectivity index (χ0n) is 12.3. The molecule has 0 saturated heterocycles. The summed E-state index contributed by atoms with van der Waals surface area (Å²) in [6.07, 6.45) is 3.05. The molecule has 108 valence electrons. The summed E-state index contributed by atoms with van der Waals surface area (Å²) >= 11 is 1.72. The second-order valence-corrected chi connectivity index (χ2v) is 6.19. The molecule has 0 radical (unpaired) electrons. The fourth-order valence-electron chi connectivity index (χ4n) is 2.39. The maximum Gasteiger partial charge on any atom is 0.141 e. The Morgan fingerprint density at radius 3 is 2.75 bits per heavy atom. The van der Waals surface area contributed by atoms with Gasteiger partial charge in [0.2, 0.25) is 0 Å². The zero-order valence-corrected chi connectivity index (χ0v) is 13.1. The average molecular weight is 289 g/mol. The molecule has 2 aromatic rings. The second kappa shape index (κ2) is 6.91. The van der Waals surface area contributed by atoms with Crippen molar-refractivity contribution < 1.29 is 4.74 Å². The SMILES string of the molecule is CCCc1cccc(OC(C)(CCN)c2cccs2)c1. The smallest absolute Gasteiger partial charge is 0.141 e. The van der Waals surface area contributed by atoms with Gasteiger partial charge in [-0.2, -0.15) is 0 Å². The van der Waals surface area contributed by atoms with Crippen molar-refractivity contribution >= 4 is 11.3 Å². The number of rotatable bonds is 7. The molecule has 1 aromatic carbocycles. The van der Waals surface area contributed by atoms with E-state index in [0.717, 1.165) is 25.0 Å². The lowest BCUT2D eigenvalue weighted by Gasteiger charge is -2.29. The van der Waals surface area contributed by atoms with Crippen LogP contribution in [0.3, 0.4) is 0 Å². The molecule has 20 heavy (non-hydrogen) atoms. The Morgan fingerprint density at radius 1 is 1.25 bits per heavy atom. The van der Waals surface area contributed by atoms with Crippen LogP contribution in [0.2, 0.25) is 0 Å². The van der Waals surface area contributed by atoms with Gasteiger partial charge in [-0.05, 0) is 49.0 Å². The minimum absolute atomic E-state index is 0.340. The maximum absolute atomic E-state index is 6.30. The standard InChI is InChI=1S/C17H23NOS/c1-3-6-14-7-4-8-15(13-14)19-17(2,10-11-18)16-9-5-12-20-16/h4-5,7-9,12-13H,3,6,10-11,18H2,1-2H3. The Labute approximate surface area is 125 Å². The number of hydrogen-bond donors (Lipinski definition) is 1. The van der Waals surface area contributed by atoms with Crippen LogP contribution >= 0.6 is 11.3 Å². The molecule has 0 amide bonds. The van der Waals surface area contributed by atoms with Crippen LogP contribution in [0.15, 0.2) is 41.8 Å². The van der Waals surface area contributed by atoms with Crippen molar-refractivity contribution in [3.05, 3.63) is 52.2 Å². The summed E-state index contributed by atoms with van der Waals surface area (Å²) in [7, 11) is 0. The summed E-state index contributed by atoms with van der Waals surface area (Å²) in [5.74, 6) is 0.931. The van der Waals surface area contributed by atoms with Gasteiger partial charge in [-0.1, -0.05) is 31.5 Å². The fraction of sp³-hybridized carbons (Fsp3) is 0.412. The number of aryl methyl sites for hydroxylation is 1. The number of hydrogen-bond acceptors (Lipinski definition) is 3. The van der Waals surface area contributed by atoms with Crippen LogP contribution in [0.1, 0.15) is 37.1 Å². The maximum atomic E-state index is 6.30. The molecule has 2 rings (SSSR count). The summed E-state index contributed by atoms with van der Waals surface area (Å²) in [5.41, 5.74) is 6.76. The Hall–Kier alpha value is -1.32. The third-order valence-corrected chi connectivity index (χ3v) is 4.56. The highest BCUT2D eigenvalue weighted by atomic mass is 32.1. The normalized spacial score (nSPS) is 13.9. The van der Waals surface area contributed by atoms with Crippen molar-refractivity contribution in [2.45, 2.75) is 38.7 Å². The van der Waals surface area contributed by atoms with Crippen molar-refractivity contribution in [1.82, 2.24) is 0 Å². The predicted molar refractivity (Wildman–Crippen MR) is 86.4 cm³/mol. The molecule has 1 aromatic heterocycles. The molecule has 0 spiro atoms. The third kappa shape index (κ3) is 3.62.